The molecule has 2 aromatic heterocycles. The van der Waals surface area contributed by atoms with Crippen LogP contribution in [0.2, 0.25) is 0 Å². The quantitative estimate of drug-likeness (QED) is 0.853. The Morgan fingerprint density at radius 1 is 1.42 bits per heavy atom. The average Bonchev–Trinajstić information content (AvgIpc) is 2.68. The number of aromatic nitrogens is 2. The van der Waals surface area contributed by atoms with Crippen LogP contribution in [0.3, 0.4) is 0 Å². The van der Waals surface area contributed by atoms with E-state index in [1.807, 2.05) is 25.1 Å². The summed E-state index contributed by atoms with van der Waals surface area (Å²) in [4.78, 5) is 18.6. The summed E-state index contributed by atoms with van der Waals surface area (Å²) in [6, 6.07) is 7.08. The van der Waals surface area contributed by atoms with E-state index in [0.29, 0.717) is 18.7 Å². The first-order valence-electron chi connectivity index (χ1n) is 6.51. The van der Waals surface area contributed by atoms with Gasteiger partial charge in [0, 0.05) is 31.9 Å². The summed E-state index contributed by atoms with van der Waals surface area (Å²) in [7, 11) is 0. The van der Waals surface area contributed by atoms with Gasteiger partial charge in [-0.3, -0.25) is 14.1 Å². The number of pyridine rings is 1. The fraction of sp³-hybridized carbons (Fsp3) is 0.429. The Bertz CT molecular complexity index is 642. The molecule has 1 saturated heterocycles. The van der Waals surface area contributed by atoms with Crippen molar-refractivity contribution in [2.75, 3.05) is 13.1 Å². The number of likely N-dealkylation sites (tertiary alicyclic amines) is 1. The third kappa shape index (κ3) is 2.39. The molecule has 19 heavy (non-hydrogen) atoms. The number of hydrogen-bond acceptors (Lipinski definition) is 4. The lowest BCUT2D eigenvalue weighted by Crippen LogP contribution is -2.24. The molecule has 0 bridgehead atoms. The molecule has 1 aliphatic rings. The molecular weight excluding hydrogens is 242 g/mol. The van der Waals surface area contributed by atoms with Gasteiger partial charge < -0.3 is 5.11 Å². The van der Waals surface area contributed by atoms with E-state index >= 15 is 0 Å². The molecule has 2 aromatic rings. The molecule has 5 nitrogen and oxygen atoms in total. The van der Waals surface area contributed by atoms with Crippen LogP contribution in [0.5, 0.6) is 0 Å². The van der Waals surface area contributed by atoms with Crippen molar-refractivity contribution in [3.63, 3.8) is 0 Å². The normalized spacial score (nSPS) is 24.1. The highest BCUT2D eigenvalue weighted by atomic mass is 16.3. The van der Waals surface area contributed by atoms with Crippen molar-refractivity contribution in [2.45, 2.75) is 19.6 Å². The molecule has 0 spiro atoms. The highest BCUT2D eigenvalue weighted by Crippen LogP contribution is 2.17. The molecule has 3 heterocycles. The maximum absolute atomic E-state index is 12.0. The van der Waals surface area contributed by atoms with Crippen molar-refractivity contribution in [1.29, 1.82) is 0 Å². The number of aliphatic hydroxyl groups is 1. The molecule has 2 atom stereocenters. The largest absolute Gasteiger partial charge is 0.391 e. The Labute approximate surface area is 111 Å². The van der Waals surface area contributed by atoms with Gasteiger partial charge in [-0.15, -0.1) is 0 Å². The predicted molar refractivity (Wildman–Crippen MR) is 71.9 cm³/mol. The Kier molecular flexibility index (Phi) is 3.08. The van der Waals surface area contributed by atoms with Gasteiger partial charge >= 0.3 is 0 Å². The molecule has 0 aliphatic carbocycles. The van der Waals surface area contributed by atoms with Crippen LogP contribution in [-0.2, 0) is 6.54 Å². The third-order valence-corrected chi connectivity index (χ3v) is 3.66. The number of rotatable bonds is 2. The topological polar surface area (TPSA) is 57.8 Å². The molecule has 0 amide bonds. The predicted octanol–water partition coefficient (Wildman–Crippen LogP) is 0.507. The van der Waals surface area contributed by atoms with Crippen LogP contribution in [0.4, 0.5) is 0 Å². The van der Waals surface area contributed by atoms with E-state index in [-0.39, 0.29) is 17.6 Å². The molecule has 5 heteroatoms. The Morgan fingerprint density at radius 2 is 2.26 bits per heavy atom. The second-order valence-corrected chi connectivity index (χ2v) is 5.25. The van der Waals surface area contributed by atoms with Gasteiger partial charge in [0.1, 0.15) is 5.65 Å². The van der Waals surface area contributed by atoms with Crippen molar-refractivity contribution in [2.24, 2.45) is 5.92 Å². The van der Waals surface area contributed by atoms with Crippen molar-refractivity contribution >= 4 is 5.65 Å². The monoisotopic (exact) mass is 259 g/mol. The summed E-state index contributed by atoms with van der Waals surface area (Å²) < 4.78 is 1.53. The van der Waals surface area contributed by atoms with Crippen LogP contribution in [0, 0.1) is 5.92 Å². The first kappa shape index (κ1) is 12.3. The van der Waals surface area contributed by atoms with E-state index in [1.54, 1.807) is 12.3 Å². The maximum atomic E-state index is 12.0. The van der Waals surface area contributed by atoms with Gasteiger partial charge in [0.25, 0.3) is 5.56 Å². The van der Waals surface area contributed by atoms with Gasteiger partial charge in [-0.1, -0.05) is 13.0 Å². The molecule has 0 unspecified atom stereocenters. The molecule has 1 N–H and O–H groups in total. The molecule has 1 fully saturated rings. The van der Waals surface area contributed by atoms with Gasteiger partial charge in [0.2, 0.25) is 0 Å². The van der Waals surface area contributed by atoms with E-state index in [1.165, 1.54) is 4.40 Å². The van der Waals surface area contributed by atoms with Crippen molar-refractivity contribution in [3.8, 4) is 0 Å². The van der Waals surface area contributed by atoms with Crippen LogP contribution in [-0.4, -0.2) is 38.6 Å². The minimum atomic E-state index is -0.276. The van der Waals surface area contributed by atoms with E-state index in [0.717, 1.165) is 12.2 Å². The number of β-amino-alcohol motifs (C(OH)–C–C–N with tert-alkyl or cyclic N) is 1. The first-order valence-corrected chi connectivity index (χ1v) is 6.51. The summed E-state index contributed by atoms with van der Waals surface area (Å²) >= 11 is 0. The van der Waals surface area contributed by atoms with Gasteiger partial charge in [0.15, 0.2) is 0 Å². The van der Waals surface area contributed by atoms with Crippen molar-refractivity contribution < 1.29 is 5.11 Å². The second kappa shape index (κ2) is 4.75. The van der Waals surface area contributed by atoms with Crippen molar-refractivity contribution in [3.05, 3.63) is 46.5 Å². The molecular formula is C14H17N3O2. The highest BCUT2D eigenvalue weighted by molar-refractivity contribution is 5.37. The van der Waals surface area contributed by atoms with E-state index in [9.17, 15) is 9.90 Å². The minimum absolute atomic E-state index is 0.0617. The third-order valence-electron chi connectivity index (χ3n) is 3.66. The van der Waals surface area contributed by atoms with E-state index < -0.39 is 0 Å². The number of fused-ring (bicyclic) bond motifs is 1. The SMILES string of the molecule is C[C@@H]1CN(Cc2cc(=O)n3ccccc3n2)C[C@@H]1O. The number of hydrogen-bond donors (Lipinski definition) is 1. The van der Waals surface area contributed by atoms with Gasteiger partial charge in [-0.05, 0) is 18.1 Å². The lowest BCUT2D eigenvalue weighted by atomic mass is 10.1. The van der Waals surface area contributed by atoms with Gasteiger partial charge in [-0.25, -0.2) is 4.98 Å². The zero-order valence-corrected chi connectivity index (χ0v) is 10.9. The standard InChI is InChI=1S/C14H17N3O2/c1-10-7-16(9-12(10)18)8-11-6-14(19)17-5-3-2-4-13(17)15-11/h2-6,10,12,18H,7-9H2,1H3/t10-,12+/m1/s1. The first-order chi connectivity index (χ1) is 9.13. The van der Waals surface area contributed by atoms with Crippen LogP contribution in [0.25, 0.3) is 5.65 Å². The van der Waals surface area contributed by atoms with Crippen LogP contribution in [0.15, 0.2) is 35.3 Å². The molecule has 0 aromatic carbocycles. The molecule has 3 rings (SSSR count). The summed E-state index contributed by atoms with van der Waals surface area (Å²) in [5.41, 5.74) is 1.36. The highest BCUT2D eigenvalue weighted by Gasteiger charge is 2.27. The Morgan fingerprint density at radius 3 is 3.00 bits per heavy atom. The van der Waals surface area contributed by atoms with Crippen LogP contribution in [0.1, 0.15) is 12.6 Å². The lowest BCUT2D eigenvalue weighted by Gasteiger charge is -2.14. The van der Waals surface area contributed by atoms with Crippen LogP contribution < -0.4 is 5.56 Å². The average molecular weight is 259 g/mol. The summed E-state index contributed by atoms with van der Waals surface area (Å²) in [5.74, 6) is 0.279. The maximum Gasteiger partial charge on any atom is 0.258 e. The molecule has 1 aliphatic heterocycles. The minimum Gasteiger partial charge on any atom is -0.391 e. The fourth-order valence-electron chi connectivity index (χ4n) is 2.59. The fourth-order valence-corrected chi connectivity index (χ4v) is 2.59. The summed E-state index contributed by atoms with van der Waals surface area (Å²) in [5, 5.41) is 9.74. The molecule has 0 saturated carbocycles. The second-order valence-electron chi connectivity index (χ2n) is 5.25. The summed E-state index contributed by atoms with van der Waals surface area (Å²) in [6.45, 7) is 4.14. The van der Waals surface area contributed by atoms with Gasteiger partial charge in [-0.2, -0.15) is 0 Å². The van der Waals surface area contributed by atoms with Gasteiger partial charge in [0.05, 0.1) is 11.8 Å². The Balaban J connectivity index is 1.88. The van der Waals surface area contributed by atoms with Crippen LogP contribution >= 0.6 is 0 Å². The molecule has 100 valence electrons. The summed E-state index contributed by atoms with van der Waals surface area (Å²) in [6.07, 6.45) is 1.44. The Hall–Kier alpha value is -1.72. The zero-order valence-electron chi connectivity index (χ0n) is 10.9. The molecule has 0 radical (unpaired) electrons. The lowest BCUT2D eigenvalue weighted by molar-refractivity contribution is 0.147. The smallest absolute Gasteiger partial charge is 0.258 e. The van der Waals surface area contributed by atoms with Crippen molar-refractivity contribution in [1.82, 2.24) is 14.3 Å². The van der Waals surface area contributed by atoms with E-state index in [2.05, 4.69) is 9.88 Å². The van der Waals surface area contributed by atoms with E-state index in [4.69, 9.17) is 0 Å². The number of aliphatic hydroxyl groups excluding tert-OH is 1. The zero-order chi connectivity index (χ0) is 13.4. The number of nitrogens with zero attached hydrogens (tertiary/aromatic N) is 3.